The monoisotopic (exact) mass is 280 g/mol. The standard InChI is InChI=1S/C18H20N2O/c1-12(2)20-17-9-4-13(3)10-16(17)19-18(20)11-14-5-7-15(21)8-6-14/h4-10,12,21H,11H2,1-3H3. The third-order valence-corrected chi connectivity index (χ3v) is 3.73. The van der Waals surface area contributed by atoms with E-state index in [0.29, 0.717) is 11.8 Å². The third-order valence-electron chi connectivity index (χ3n) is 3.73. The molecule has 1 N–H and O–H groups in total. The number of benzene rings is 2. The Kier molecular flexibility index (Phi) is 3.42. The van der Waals surface area contributed by atoms with Crippen LogP contribution in [0.15, 0.2) is 42.5 Å². The third kappa shape index (κ3) is 2.64. The van der Waals surface area contributed by atoms with E-state index in [1.54, 1.807) is 12.1 Å². The van der Waals surface area contributed by atoms with Crippen LogP contribution in [0, 0.1) is 6.92 Å². The molecule has 21 heavy (non-hydrogen) atoms. The van der Waals surface area contributed by atoms with Crippen LogP contribution in [0.4, 0.5) is 0 Å². The van der Waals surface area contributed by atoms with E-state index in [2.05, 4.69) is 43.5 Å². The zero-order valence-electron chi connectivity index (χ0n) is 12.7. The zero-order valence-corrected chi connectivity index (χ0v) is 12.7. The summed E-state index contributed by atoms with van der Waals surface area (Å²) >= 11 is 0. The van der Waals surface area contributed by atoms with Gasteiger partial charge in [-0.15, -0.1) is 0 Å². The molecule has 0 fully saturated rings. The molecule has 0 atom stereocenters. The molecule has 0 saturated heterocycles. The van der Waals surface area contributed by atoms with Crippen LogP contribution in [0.3, 0.4) is 0 Å². The first-order chi connectivity index (χ1) is 10.0. The molecule has 3 nitrogen and oxygen atoms in total. The van der Waals surface area contributed by atoms with E-state index >= 15 is 0 Å². The zero-order chi connectivity index (χ0) is 15.0. The predicted molar refractivity (Wildman–Crippen MR) is 85.8 cm³/mol. The minimum atomic E-state index is 0.298. The number of aromatic hydroxyl groups is 1. The molecule has 0 unspecified atom stereocenters. The van der Waals surface area contributed by atoms with Crippen molar-refractivity contribution in [1.29, 1.82) is 0 Å². The number of aryl methyl sites for hydroxylation is 1. The maximum atomic E-state index is 9.39. The summed E-state index contributed by atoms with van der Waals surface area (Å²) in [4.78, 5) is 4.81. The van der Waals surface area contributed by atoms with Crippen molar-refractivity contribution in [1.82, 2.24) is 9.55 Å². The van der Waals surface area contributed by atoms with Crippen LogP contribution < -0.4 is 0 Å². The van der Waals surface area contributed by atoms with Gasteiger partial charge in [-0.25, -0.2) is 4.98 Å². The van der Waals surface area contributed by atoms with Crippen LogP contribution in [0.1, 0.15) is 36.8 Å². The minimum absolute atomic E-state index is 0.298. The molecular formula is C18H20N2O. The van der Waals surface area contributed by atoms with Gasteiger partial charge in [-0.05, 0) is 56.2 Å². The average Bonchev–Trinajstić information content (AvgIpc) is 2.78. The average molecular weight is 280 g/mol. The van der Waals surface area contributed by atoms with Crippen molar-refractivity contribution in [2.75, 3.05) is 0 Å². The van der Waals surface area contributed by atoms with Gasteiger partial charge in [0.15, 0.2) is 0 Å². The van der Waals surface area contributed by atoms with E-state index < -0.39 is 0 Å². The first-order valence-corrected chi connectivity index (χ1v) is 7.30. The van der Waals surface area contributed by atoms with Gasteiger partial charge in [0.25, 0.3) is 0 Å². The molecule has 0 amide bonds. The first-order valence-electron chi connectivity index (χ1n) is 7.30. The second kappa shape index (κ2) is 5.24. The lowest BCUT2D eigenvalue weighted by molar-refractivity contribution is 0.475. The number of rotatable bonds is 3. The van der Waals surface area contributed by atoms with Crippen molar-refractivity contribution in [3.63, 3.8) is 0 Å². The van der Waals surface area contributed by atoms with Gasteiger partial charge >= 0.3 is 0 Å². The first kappa shape index (κ1) is 13.7. The van der Waals surface area contributed by atoms with Crippen LogP contribution >= 0.6 is 0 Å². The molecule has 3 aromatic rings. The molecule has 0 aliphatic rings. The molecule has 0 bridgehead atoms. The van der Waals surface area contributed by atoms with Gasteiger partial charge in [-0.2, -0.15) is 0 Å². The SMILES string of the molecule is Cc1ccc2c(c1)nc(Cc1ccc(O)cc1)n2C(C)C. The number of phenols is 1. The summed E-state index contributed by atoms with van der Waals surface area (Å²) in [7, 11) is 0. The van der Waals surface area contributed by atoms with Crippen molar-refractivity contribution in [2.24, 2.45) is 0 Å². The fourth-order valence-corrected chi connectivity index (χ4v) is 2.76. The molecule has 2 aromatic carbocycles. The maximum absolute atomic E-state index is 9.39. The Morgan fingerprint density at radius 1 is 1.10 bits per heavy atom. The molecule has 0 aliphatic heterocycles. The highest BCUT2D eigenvalue weighted by Crippen LogP contribution is 2.24. The highest BCUT2D eigenvalue weighted by molar-refractivity contribution is 5.77. The van der Waals surface area contributed by atoms with Gasteiger partial charge < -0.3 is 9.67 Å². The Hall–Kier alpha value is -2.29. The molecule has 3 rings (SSSR count). The molecule has 1 aromatic heterocycles. The van der Waals surface area contributed by atoms with E-state index in [4.69, 9.17) is 4.98 Å². The van der Waals surface area contributed by atoms with Gasteiger partial charge in [0.2, 0.25) is 0 Å². The number of phenolic OH excluding ortho intramolecular Hbond substituents is 1. The van der Waals surface area contributed by atoms with E-state index in [1.165, 1.54) is 11.1 Å². The lowest BCUT2D eigenvalue weighted by atomic mass is 10.1. The van der Waals surface area contributed by atoms with Crippen molar-refractivity contribution in [2.45, 2.75) is 33.2 Å². The van der Waals surface area contributed by atoms with Gasteiger partial charge in [0, 0.05) is 12.5 Å². The molecular weight excluding hydrogens is 260 g/mol. The largest absolute Gasteiger partial charge is 0.508 e. The van der Waals surface area contributed by atoms with Crippen molar-refractivity contribution in [3.05, 3.63) is 59.4 Å². The Bertz CT molecular complexity index is 770. The Morgan fingerprint density at radius 2 is 1.81 bits per heavy atom. The Labute approximate surface area is 124 Å². The summed E-state index contributed by atoms with van der Waals surface area (Å²) in [6, 6.07) is 14.1. The predicted octanol–water partition coefficient (Wildman–Crippen LogP) is 4.22. The van der Waals surface area contributed by atoms with Crippen LogP contribution in [-0.4, -0.2) is 14.7 Å². The molecule has 1 heterocycles. The van der Waals surface area contributed by atoms with Gasteiger partial charge in [-0.1, -0.05) is 18.2 Å². The van der Waals surface area contributed by atoms with Crippen LogP contribution in [0.5, 0.6) is 5.75 Å². The quantitative estimate of drug-likeness (QED) is 0.780. The lowest BCUT2D eigenvalue weighted by Gasteiger charge is -2.13. The highest BCUT2D eigenvalue weighted by Gasteiger charge is 2.13. The minimum Gasteiger partial charge on any atom is -0.508 e. The number of nitrogens with zero attached hydrogens (tertiary/aromatic N) is 2. The lowest BCUT2D eigenvalue weighted by Crippen LogP contribution is -2.06. The summed E-state index contributed by atoms with van der Waals surface area (Å²) in [5.74, 6) is 1.36. The molecule has 3 heteroatoms. The fraction of sp³-hybridized carbons (Fsp3) is 0.278. The highest BCUT2D eigenvalue weighted by atomic mass is 16.3. The smallest absolute Gasteiger partial charge is 0.115 e. The van der Waals surface area contributed by atoms with E-state index in [0.717, 1.165) is 23.3 Å². The van der Waals surface area contributed by atoms with E-state index in [1.807, 2.05) is 12.1 Å². The topological polar surface area (TPSA) is 38.1 Å². The number of hydrogen-bond donors (Lipinski definition) is 1. The maximum Gasteiger partial charge on any atom is 0.115 e. The molecule has 0 aliphatic carbocycles. The number of hydrogen-bond acceptors (Lipinski definition) is 2. The van der Waals surface area contributed by atoms with E-state index in [9.17, 15) is 5.11 Å². The van der Waals surface area contributed by atoms with Crippen LogP contribution in [-0.2, 0) is 6.42 Å². The van der Waals surface area contributed by atoms with Gasteiger partial charge in [0.05, 0.1) is 11.0 Å². The summed E-state index contributed by atoms with van der Waals surface area (Å²) in [5.41, 5.74) is 4.62. The van der Waals surface area contributed by atoms with Crippen LogP contribution in [0.25, 0.3) is 11.0 Å². The summed E-state index contributed by atoms with van der Waals surface area (Å²) in [5, 5.41) is 9.39. The molecule has 0 saturated carbocycles. The second-order valence-corrected chi connectivity index (χ2v) is 5.83. The molecule has 0 radical (unpaired) electrons. The van der Waals surface area contributed by atoms with Crippen molar-refractivity contribution < 1.29 is 5.11 Å². The number of imidazole rings is 1. The van der Waals surface area contributed by atoms with Gasteiger partial charge in [0.1, 0.15) is 11.6 Å². The van der Waals surface area contributed by atoms with E-state index in [-0.39, 0.29) is 0 Å². The fourth-order valence-electron chi connectivity index (χ4n) is 2.76. The van der Waals surface area contributed by atoms with Gasteiger partial charge in [-0.3, -0.25) is 0 Å². The molecule has 0 spiro atoms. The second-order valence-electron chi connectivity index (χ2n) is 5.83. The van der Waals surface area contributed by atoms with Crippen molar-refractivity contribution >= 4 is 11.0 Å². The van der Waals surface area contributed by atoms with Crippen LogP contribution in [0.2, 0.25) is 0 Å². The Morgan fingerprint density at radius 3 is 2.48 bits per heavy atom. The summed E-state index contributed by atoms with van der Waals surface area (Å²) in [6.45, 7) is 6.45. The Balaban J connectivity index is 2.08. The molecule has 108 valence electrons. The summed E-state index contributed by atoms with van der Waals surface area (Å²) < 4.78 is 2.29. The number of aromatic nitrogens is 2. The van der Waals surface area contributed by atoms with Crippen molar-refractivity contribution in [3.8, 4) is 5.75 Å². The number of fused-ring (bicyclic) bond motifs is 1. The summed E-state index contributed by atoms with van der Waals surface area (Å²) in [6.07, 6.45) is 0.770. The normalized spacial score (nSPS) is 11.4.